The molecule has 2 bridgehead atoms. The predicted octanol–water partition coefficient (Wildman–Crippen LogP) is 3.08. The molecule has 0 heterocycles. The van der Waals surface area contributed by atoms with Crippen molar-refractivity contribution < 1.29 is 0 Å². The zero-order valence-electron chi connectivity index (χ0n) is 8.71. The summed E-state index contributed by atoms with van der Waals surface area (Å²) >= 11 is 0. The number of hydrogen-bond donors (Lipinski definition) is 0. The summed E-state index contributed by atoms with van der Waals surface area (Å²) < 4.78 is 0. The lowest BCUT2D eigenvalue weighted by atomic mass is 9.48. The Balaban J connectivity index is 1.64. The van der Waals surface area contributed by atoms with Crippen LogP contribution >= 0.6 is 0 Å². The van der Waals surface area contributed by atoms with E-state index in [1.165, 1.54) is 38.5 Å². The molecule has 5 rings (SSSR count). The lowest BCUT2D eigenvalue weighted by Crippen LogP contribution is -2.50. The van der Waals surface area contributed by atoms with E-state index in [1.54, 1.807) is 0 Å². The van der Waals surface area contributed by atoms with Gasteiger partial charge < -0.3 is 0 Å². The van der Waals surface area contributed by atoms with Crippen LogP contribution in [0.3, 0.4) is 0 Å². The van der Waals surface area contributed by atoms with E-state index in [0.29, 0.717) is 0 Å². The van der Waals surface area contributed by atoms with E-state index in [0.717, 1.165) is 35.5 Å². The van der Waals surface area contributed by atoms with Crippen molar-refractivity contribution in [3.63, 3.8) is 0 Å². The standard InChI is InChI=1S/C14H18/c1-2-9(3-1)14-8-10-4-5-13(14)12-7-6-11(10)12/h9-14H,1-3,6-8H2. The van der Waals surface area contributed by atoms with Gasteiger partial charge >= 0.3 is 0 Å². The van der Waals surface area contributed by atoms with Gasteiger partial charge in [-0.3, -0.25) is 0 Å². The van der Waals surface area contributed by atoms with E-state index in [4.69, 9.17) is 0 Å². The second-order valence-electron chi connectivity index (χ2n) is 5.92. The molecule has 5 atom stereocenters. The molecule has 0 aromatic rings. The third kappa shape index (κ3) is 0.824. The summed E-state index contributed by atoms with van der Waals surface area (Å²) in [5.74, 6) is 13.0. The summed E-state index contributed by atoms with van der Waals surface area (Å²) in [6.45, 7) is 0. The molecule has 5 unspecified atom stereocenters. The molecule has 0 heteroatoms. The van der Waals surface area contributed by atoms with E-state index in [1.807, 2.05) is 0 Å². The zero-order chi connectivity index (χ0) is 9.12. The maximum atomic E-state index is 3.60. The molecule has 0 amide bonds. The first-order chi connectivity index (χ1) is 6.93. The summed E-state index contributed by atoms with van der Waals surface area (Å²) in [5, 5.41) is 0. The number of rotatable bonds is 1. The largest absolute Gasteiger partial charge is 0.0993 e. The second-order valence-corrected chi connectivity index (χ2v) is 5.92. The van der Waals surface area contributed by atoms with Gasteiger partial charge in [-0.2, -0.15) is 0 Å². The van der Waals surface area contributed by atoms with Crippen LogP contribution in [0, 0.1) is 47.3 Å². The van der Waals surface area contributed by atoms with Gasteiger partial charge in [-0.05, 0) is 42.9 Å². The lowest BCUT2D eigenvalue weighted by molar-refractivity contribution is -0.0328. The minimum atomic E-state index is 0.823. The van der Waals surface area contributed by atoms with E-state index in [2.05, 4.69) is 11.8 Å². The highest BCUT2D eigenvalue weighted by molar-refractivity contribution is 5.24. The Morgan fingerprint density at radius 1 is 0.786 bits per heavy atom. The highest BCUT2D eigenvalue weighted by atomic mass is 14.6. The molecular formula is C14H18. The Morgan fingerprint density at radius 3 is 2.21 bits per heavy atom. The zero-order valence-corrected chi connectivity index (χ0v) is 8.71. The number of fused-ring (bicyclic) bond motifs is 1. The highest BCUT2D eigenvalue weighted by Gasteiger charge is 2.52. The van der Waals surface area contributed by atoms with Gasteiger partial charge in [-0.25, -0.2) is 0 Å². The van der Waals surface area contributed by atoms with Gasteiger partial charge in [-0.1, -0.05) is 31.1 Å². The molecule has 5 aliphatic carbocycles. The van der Waals surface area contributed by atoms with Gasteiger partial charge in [0.15, 0.2) is 0 Å². The first-order valence-corrected chi connectivity index (χ1v) is 6.44. The molecule has 0 saturated heterocycles. The van der Waals surface area contributed by atoms with Gasteiger partial charge in [0.1, 0.15) is 0 Å². The fraction of sp³-hybridized carbons (Fsp3) is 0.857. The lowest BCUT2D eigenvalue weighted by Gasteiger charge is -2.56. The van der Waals surface area contributed by atoms with Crippen molar-refractivity contribution >= 4 is 0 Å². The van der Waals surface area contributed by atoms with Gasteiger partial charge in [0.05, 0.1) is 0 Å². The van der Waals surface area contributed by atoms with Crippen LogP contribution in [0.15, 0.2) is 0 Å². The molecule has 0 aliphatic heterocycles. The first kappa shape index (κ1) is 7.80. The van der Waals surface area contributed by atoms with Gasteiger partial charge in [0, 0.05) is 11.8 Å². The maximum absolute atomic E-state index is 3.60. The summed E-state index contributed by atoms with van der Waals surface area (Å²) in [7, 11) is 0. The average molecular weight is 186 g/mol. The molecule has 74 valence electrons. The molecule has 0 N–H and O–H groups in total. The molecule has 0 nitrogen and oxygen atoms in total. The molecule has 3 saturated carbocycles. The van der Waals surface area contributed by atoms with Crippen LogP contribution in [0.25, 0.3) is 0 Å². The van der Waals surface area contributed by atoms with Crippen molar-refractivity contribution in [2.45, 2.75) is 38.5 Å². The van der Waals surface area contributed by atoms with Crippen LogP contribution in [-0.2, 0) is 0 Å². The second kappa shape index (κ2) is 2.57. The molecule has 0 aromatic carbocycles. The van der Waals surface area contributed by atoms with Crippen LogP contribution in [-0.4, -0.2) is 0 Å². The SMILES string of the molecule is C1#CC2C(C3CCC3)CC1C1CCC21. The monoisotopic (exact) mass is 186 g/mol. The Bertz CT molecular complexity index is 315. The van der Waals surface area contributed by atoms with Crippen LogP contribution in [0.4, 0.5) is 0 Å². The molecule has 0 aromatic heterocycles. The van der Waals surface area contributed by atoms with Crippen molar-refractivity contribution in [2.75, 3.05) is 0 Å². The minimum absolute atomic E-state index is 0.823. The molecule has 5 aliphatic rings. The van der Waals surface area contributed by atoms with Crippen molar-refractivity contribution in [1.29, 1.82) is 0 Å². The van der Waals surface area contributed by atoms with Crippen molar-refractivity contribution in [2.24, 2.45) is 35.5 Å². The van der Waals surface area contributed by atoms with Crippen LogP contribution in [0.1, 0.15) is 38.5 Å². The fourth-order valence-corrected chi connectivity index (χ4v) is 4.37. The van der Waals surface area contributed by atoms with E-state index < -0.39 is 0 Å². The molecular weight excluding hydrogens is 168 g/mol. The smallest absolute Gasteiger partial charge is 0.0265 e. The Labute approximate surface area is 86.5 Å². The molecule has 3 fully saturated rings. The third-order valence-corrected chi connectivity index (χ3v) is 5.54. The van der Waals surface area contributed by atoms with E-state index >= 15 is 0 Å². The van der Waals surface area contributed by atoms with E-state index in [9.17, 15) is 0 Å². The molecule has 0 spiro atoms. The minimum Gasteiger partial charge on any atom is -0.0993 e. The maximum Gasteiger partial charge on any atom is 0.0265 e. The van der Waals surface area contributed by atoms with Gasteiger partial charge in [0.2, 0.25) is 0 Å². The number of hydrogen-bond acceptors (Lipinski definition) is 0. The molecule has 0 radical (unpaired) electrons. The topological polar surface area (TPSA) is 0 Å². The quantitative estimate of drug-likeness (QED) is 0.552. The van der Waals surface area contributed by atoms with Crippen molar-refractivity contribution in [3.8, 4) is 11.8 Å². The normalized spacial score (nSPS) is 53.9. The summed E-state index contributed by atoms with van der Waals surface area (Å²) in [6, 6.07) is 0. The predicted molar refractivity (Wildman–Crippen MR) is 56.4 cm³/mol. The Morgan fingerprint density at radius 2 is 1.64 bits per heavy atom. The van der Waals surface area contributed by atoms with E-state index in [-0.39, 0.29) is 0 Å². The summed E-state index contributed by atoms with van der Waals surface area (Å²) in [5.41, 5.74) is 0. The van der Waals surface area contributed by atoms with Crippen LogP contribution < -0.4 is 0 Å². The Hall–Kier alpha value is -0.440. The third-order valence-electron chi connectivity index (χ3n) is 5.54. The first-order valence-electron chi connectivity index (χ1n) is 6.44. The summed E-state index contributed by atoms with van der Waals surface area (Å²) in [6.07, 6.45) is 9.02. The average Bonchev–Trinajstić information content (AvgIpc) is 2.02. The van der Waals surface area contributed by atoms with Gasteiger partial charge in [0.25, 0.3) is 0 Å². The van der Waals surface area contributed by atoms with Crippen molar-refractivity contribution in [1.82, 2.24) is 0 Å². The van der Waals surface area contributed by atoms with Crippen LogP contribution in [0.5, 0.6) is 0 Å². The summed E-state index contributed by atoms with van der Waals surface area (Å²) in [4.78, 5) is 0. The van der Waals surface area contributed by atoms with Gasteiger partial charge in [-0.15, -0.1) is 0 Å². The van der Waals surface area contributed by atoms with Crippen LogP contribution in [0.2, 0.25) is 0 Å². The highest BCUT2D eigenvalue weighted by Crippen LogP contribution is 2.58. The molecule has 14 heavy (non-hydrogen) atoms. The Kier molecular flexibility index (Phi) is 1.43. The van der Waals surface area contributed by atoms with Crippen molar-refractivity contribution in [3.05, 3.63) is 0 Å². The fourth-order valence-electron chi connectivity index (χ4n) is 4.37.